The fraction of sp³-hybridized carbons (Fsp3) is 0.833. The minimum atomic E-state index is -0.943. The van der Waals surface area contributed by atoms with Crippen molar-refractivity contribution >= 4 is 13.6 Å². The summed E-state index contributed by atoms with van der Waals surface area (Å²) in [6, 6.07) is -0.741. The number of nitrogens with one attached hydrogen (secondary N) is 1. The van der Waals surface area contributed by atoms with E-state index in [2.05, 4.69) is 5.23 Å². The van der Waals surface area contributed by atoms with Gasteiger partial charge in [0, 0.05) is 7.11 Å². The van der Waals surface area contributed by atoms with Crippen LogP contribution in [0.2, 0.25) is 0 Å². The second kappa shape index (κ2) is 7.09. The summed E-state index contributed by atoms with van der Waals surface area (Å²) in [5.74, 6) is -0.943. The predicted molar refractivity (Wildman–Crippen MR) is 47.0 cm³/mol. The van der Waals surface area contributed by atoms with Gasteiger partial charge in [-0.05, 0) is 19.4 Å². The normalized spacial score (nSPS) is 12.5. The molecule has 0 saturated carbocycles. The number of rotatable bonds is 7. The Balaban J connectivity index is 3.14. The van der Waals surface area contributed by atoms with Crippen LogP contribution in [-0.2, 0) is 9.45 Å². The van der Waals surface area contributed by atoms with Crippen LogP contribution in [0.3, 0.4) is 0 Å². The number of carboxylic acids is 1. The Morgan fingerprint density at radius 1 is 1.83 bits per heavy atom. The number of aliphatic carboxylic acids is 1. The third-order valence-corrected chi connectivity index (χ3v) is 1.43. The van der Waals surface area contributed by atoms with Crippen molar-refractivity contribution in [3.05, 3.63) is 0 Å². The molecule has 0 aliphatic carbocycles. The quantitative estimate of drug-likeness (QED) is 0.329. The summed E-state index contributed by atoms with van der Waals surface area (Å²) in [7, 11) is 2.08. The zero-order chi connectivity index (χ0) is 9.40. The van der Waals surface area contributed by atoms with Crippen LogP contribution < -0.4 is 11.0 Å². The highest BCUT2D eigenvalue weighted by molar-refractivity contribution is 6.23. The van der Waals surface area contributed by atoms with Crippen LogP contribution in [0.25, 0.3) is 0 Å². The van der Waals surface area contributed by atoms with Gasteiger partial charge in [-0.25, -0.2) is 0 Å². The van der Waals surface area contributed by atoms with E-state index in [1.807, 2.05) is 0 Å². The molecule has 0 heterocycles. The van der Waals surface area contributed by atoms with E-state index in [0.717, 1.165) is 13.0 Å². The number of carboxylic acid groups (broad SMARTS) is 1. The van der Waals surface area contributed by atoms with Gasteiger partial charge >= 0.3 is 13.6 Å². The first-order valence-electron chi connectivity index (χ1n) is 3.86. The Hall–Kier alpha value is -0.585. The van der Waals surface area contributed by atoms with Crippen molar-refractivity contribution in [3.8, 4) is 0 Å². The largest absolute Gasteiger partial charge is 0.480 e. The van der Waals surface area contributed by atoms with E-state index in [-0.39, 0.29) is 0 Å². The number of nitrogens with two attached hydrogens (primary N) is 1. The van der Waals surface area contributed by atoms with Gasteiger partial charge in [0.05, 0.1) is 0 Å². The van der Waals surface area contributed by atoms with Crippen molar-refractivity contribution in [1.29, 1.82) is 0 Å². The minimum Gasteiger partial charge on any atom is -0.480 e. The molecule has 1 unspecified atom stereocenters. The standard InChI is InChI=1S/C6H15BN2O3/c1-12-7-9-4-2-3-5(8)6(10)11/h5,7,9H,2-4,8H2,1H3,(H,10,11). The van der Waals surface area contributed by atoms with Crippen LogP contribution in [0.15, 0.2) is 0 Å². The monoisotopic (exact) mass is 174 g/mol. The Kier molecular flexibility index (Phi) is 6.74. The molecule has 0 aromatic rings. The molecule has 0 aliphatic heterocycles. The highest BCUT2D eigenvalue weighted by atomic mass is 16.4. The summed E-state index contributed by atoms with van der Waals surface area (Å²) >= 11 is 0. The van der Waals surface area contributed by atoms with Crippen molar-refractivity contribution in [1.82, 2.24) is 5.23 Å². The van der Waals surface area contributed by atoms with E-state index >= 15 is 0 Å². The highest BCUT2D eigenvalue weighted by Gasteiger charge is 2.09. The number of carbonyl (C=O) groups is 1. The fourth-order valence-corrected chi connectivity index (χ4v) is 0.745. The molecule has 5 nitrogen and oxygen atoms in total. The first-order valence-corrected chi connectivity index (χ1v) is 3.86. The average Bonchev–Trinajstić information content (AvgIpc) is 2.03. The molecule has 1 atom stereocenters. The zero-order valence-electron chi connectivity index (χ0n) is 7.25. The Labute approximate surface area is 72.6 Å². The summed E-state index contributed by atoms with van der Waals surface area (Å²) < 4.78 is 4.74. The van der Waals surface area contributed by atoms with Crippen LogP contribution in [0, 0.1) is 0 Å². The highest BCUT2D eigenvalue weighted by Crippen LogP contribution is 1.92. The fourth-order valence-electron chi connectivity index (χ4n) is 0.745. The molecule has 0 aromatic carbocycles. The van der Waals surface area contributed by atoms with Gasteiger partial charge in [0.1, 0.15) is 6.04 Å². The molecule has 6 heteroatoms. The molecule has 70 valence electrons. The maximum Gasteiger partial charge on any atom is 0.360 e. The van der Waals surface area contributed by atoms with Gasteiger partial charge in [-0.3, -0.25) is 4.79 Å². The van der Waals surface area contributed by atoms with Crippen molar-refractivity contribution in [3.63, 3.8) is 0 Å². The van der Waals surface area contributed by atoms with Crippen LogP contribution in [-0.4, -0.2) is 38.4 Å². The molecule has 0 radical (unpaired) electrons. The molecular formula is C6H15BN2O3. The third-order valence-electron chi connectivity index (χ3n) is 1.43. The van der Waals surface area contributed by atoms with E-state index in [0.29, 0.717) is 14.0 Å². The van der Waals surface area contributed by atoms with E-state index in [1.54, 1.807) is 7.11 Å². The molecule has 0 aromatic heterocycles. The van der Waals surface area contributed by atoms with Crippen LogP contribution in [0.5, 0.6) is 0 Å². The summed E-state index contributed by atoms with van der Waals surface area (Å²) in [5.41, 5.74) is 5.27. The Bertz CT molecular complexity index is 134. The summed E-state index contributed by atoms with van der Waals surface area (Å²) in [6.07, 6.45) is 1.24. The summed E-state index contributed by atoms with van der Waals surface area (Å²) in [5, 5.41) is 11.4. The maximum absolute atomic E-state index is 10.2. The van der Waals surface area contributed by atoms with E-state index in [1.165, 1.54) is 0 Å². The molecular weight excluding hydrogens is 159 g/mol. The van der Waals surface area contributed by atoms with Crippen LogP contribution in [0.4, 0.5) is 0 Å². The average molecular weight is 174 g/mol. The second-order valence-corrected chi connectivity index (χ2v) is 2.52. The van der Waals surface area contributed by atoms with Crippen molar-refractivity contribution in [2.45, 2.75) is 18.9 Å². The van der Waals surface area contributed by atoms with Crippen LogP contribution >= 0.6 is 0 Å². The van der Waals surface area contributed by atoms with Gasteiger partial charge in [-0.1, -0.05) is 0 Å². The molecule has 0 rings (SSSR count). The lowest BCUT2D eigenvalue weighted by atomic mass is 10.1. The topological polar surface area (TPSA) is 84.6 Å². The lowest BCUT2D eigenvalue weighted by molar-refractivity contribution is -0.138. The number of hydrogen-bond acceptors (Lipinski definition) is 4. The molecule has 0 fully saturated rings. The van der Waals surface area contributed by atoms with Crippen molar-refractivity contribution < 1.29 is 14.6 Å². The predicted octanol–water partition coefficient (Wildman–Crippen LogP) is -1.32. The van der Waals surface area contributed by atoms with Gasteiger partial charge in [0.2, 0.25) is 0 Å². The van der Waals surface area contributed by atoms with Gasteiger partial charge in [0.15, 0.2) is 0 Å². The SMILES string of the molecule is COBNCCCC(N)C(=O)O. The summed E-state index contributed by atoms with van der Waals surface area (Å²) in [4.78, 5) is 10.2. The first kappa shape index (κ1) is 11.4. The number of hydrogen-bond donors (Lipinski definition) is 3. The van der Waals surface area contributed by atoms with Crippen molar-refractivity contribution in [2.75, 3.05) is 13.7 Å². The van der Waals surface area contributed by atoms with Gasteiger partial charge < -0.3 is 20.7 Å². The molecule has 0 bridgehead atoms. The second-order valence-electron chi connectivity index (χ2n) is 2.52. The van der Waals surface area contributed by atoms with Crippen molar-refractivity contribution in [2.24, 2.45) is 5.73 Å². The molecule has 0 aliphatic rings. The van der Waals surface area contributed by atoms with E-state index < -0.39 is 12.0 Å². The van der Waals surface area contributed by atoms with E-state index in [4.69, 9.17) is 15.5 Å². The lowest BCUT2D eigenvalue weighted by Gasteiger charge is -2.05. The molecule has 0 saturated heterocycles. The third kappa shape index (κ3) is 6.15. The zero-order valence-corrected chi connectivity index (χ0v) is 7.25. The van der Waals surface area contributed by atoms with E-state index in [9.17, 15) is 4.79 Å². The Morgan fingerprint density at radius 3 is 3.00 bits per heavy atom. The lowest BCUT2D eigenvalue weighted by Crippen LogP contribution is -2.31. The molecule has 12 heavy (non-hydrogen) atoms. The summed E-state index contributed by atoms with van der Waals surface area (Å²) in [6.45, 7) is 0.731. The first-order chi connectivity index (χ1) is 5.68. The van der Waals surface area contributed by atoms with Crippen LogP contribution in [0.1, 0.15) is 12.8 Å². The minimum absolute atomic E-state index is 0.488. The van der Waals surface area contributed by atoms with Gasteiger partial charge in [0.25, 0.3) is 0 Å². The molecule has 4 N–H and O–H groups in total. The van der Waals surface area contributed by atoms with Gasteiger partial charge in [-0.15, -0.1) is 0 Å². The molecule has 0 amide bonds. The smallest absolute Gasteiger partial charge is 0.360 e. The molecule has 0 spiro atoms. The Morgan fingerprint density at radius 2 is 2.50 bits per heavy atom. The maximum atomic E-state index is 10.2. The van der Waals surface area contributed by atoms with Gasteiger partial charge in [-0.2, -0.15) is 0 Å².